The van der Waals surface area contributed by atoms with E-state index in [-0.39, 0.29) is 0 Å². The van der Waals surface area contributed by atoms with Crippen molar-refractivity contribution >= 4 is 22.7 Å². The fourth-order valence-corrected chi connectivity index (χ4v) is 1.29. The monoisotopic (exact) mass is 177 g/mol. The molecule has 0 aliphatic carbocycles. The highest BCUT2D eigenvalue weighted by atomic mass is 32.1. The summed E-state index contributed by atoms with van der Waals surface area (Å²) in [7, 11) is 0. The Bertz CT molecular complexity index is 433. The first-order valence-corrected chi connectivity index (χ1v) is 3.92. The first kappa shape index (κ1) is 7.24. The fourth-order valence-electron chi connectivity index (χ4n) is 1.14. The van der Waals surface area contributed by atoms with Gasteiger partial charge in [-0.2, -0.15) is 5.10 Å². The van der Waals surface area contributed by atoms with Crippen LogP contribution in [0.1, 0.15) is 5.69 Å². The van der Waals surface area contributed by atoms with Gasteiger partial charge in [0.2, 0.25) is 0 Å². The highest BCUT2D eigenvalue weighted by Crippen LogP contribution is 2.05. The van der Waals surface area contributed by atoms with E-state index in [1.165, 1.54) is 0 Å². The van der Waals surface area contributed by atoms with Gasteiger partial charge in [0.1, 0.15) is 4.99 Å². The number of hydrogen-bond donors (Lipinski definition) is 1. The summed E-state index contributed by atoms with van der Waals surface area (Å²) >= 11 is 4.87. The molecule has 2 aromatic rings. The first-order valence-electron chi connectivity index (χ1n) is 3.51. The van der Waals surface area contributed by atoms with Crippen LogP contribution in [0.15, 0.2) is 30.5 Å². The molecule has 12 heavy (non-hydrogen) atoms. The van der Waals surface area contributed by atoms with Crippen molar-refractivity contribution in [3.63, 3.8) is 0 Å². The predicted molar refractivity (Wildman–Crippen MR) is 51.1 cm³/mol. The standard InChI is InChI=1S/C8H7N3S/c9-8(12)7-3-1-2-6-4-5-10-11(6)7/h1-5H,(H2,9,12). The van der Waals surface area contributed by atoms with Crippen LogP contribution in [-0.4, -0.2) is 14.6 Å². The number of nitrogens with two attached hydrogens (primary N) is 1. The van der Waals surface area contributed by atoms with E-state index < -0.39 is 0 Å². The van der Waals surface area contributed by atoms with Gasteiger partial charge in [0.25, 0.3) is 0 Å². The van der Waals surface area contributed by atoms with Crippen LogP contribution < -0.4 is 5.73 Å². The third-order valence-electron chi connectivity index (χ3n) is 1.67. The normalized spacial score (nSPS) is 10.3. The lowest BCUT2D eigenvalue weighted by molar-refractivity contribution is 0.949. The molecule has 60 valence electrons. The second-order valence-electron chi connectivity index (χ2n) is 2.44. The number of rotatable bonds is 1. The van der Waals surface area contributed by atoms with E-state index in [9.17, 15) is 0 Å². The van der Waals surface area contributed by atoms with Gasteiger partial charge in [-0.1, -0.05) is 18.3 Å². The lowest BCUT2D eigenvalue weighted by atomic mass is 10.3. The molecular formula is C8H7N3S. The number of pyridine rings is 1. The van der Waals surface area contributed by atoms with E-state index in [2.05, 4.69) is 5.10 Å². The molecule has 3 nitrogen and oxygen atoms in total. The van der Waals surface area contributed by atoms with Gasteiger partial charge >= 0.3 is 0 Å². The van der Waals surface area contributed by atoms with Crippen LogP contribution in [0.5, 0.6) is 0 Å². The Labute approximate surface area is 74.8 Å². The van der Waals surface area contributed by atoms with Crippen molar-refractivity contribution in [3.05, 3.63) is 36.2 Å². The smallest absolute Gasteiger partial charge is 0.122 e. The summed E-state index contributed by atoms with van der Waals surface area (Å²) in [5.74, 6) is 0. The highest BCUT2D eigenvalue weighted by Gasteiger charge is 2.01. The Hall–Kier alpha value is -1.42. The molecule has 0 aromatic carbocycles. The zero-order valence-electron chi connectivity index (χ0n) is 6.27. The van der Waals surface area contributed by atoms with Gasteiger partial charge in [-0.15, -0.1) is 0 Å². The molecule has 0 aliphatic rings. The summed E-state index contributed by atoms with van der Waals surface area (Å²) in [6, 6.07) is 7.62. The van der Waals surface area contributed by atoms with Gasteiger partial charge in [-0.05, 0) is 18.2 Å². The molecule has 0 spiro atoms. The van der Waals surface area contributed by atoms with Gasteiger partial charge in [-0.3, -0.25) is 0 Å². The van der Waals surface area contributed by atoms with Crippen LogP contribution in [0.2, 0.25) is 0 Å². The van der Waals surface area contributed by atoms with Crippen molar-refractivity contribution in [2.45, 2.75) is 0 Å². The van der Waals surface area contributed by atoms with Gasteiger partial charge in [0.05, 0.1) is 17.4 Å². The molecule has 0 saturated carbocycles. The highest BCUT2D eigenvalue weighted by molar-refractivity contribution is 7.80. The van der Waals surface area contributed by atoms with Gasteiger partial charge in [0.15, 0.2) is 0 Å². The molecule has 2 heterocycles. The minimum Gasteiger partial charge on any atom is -0.388 e. The summed E-state index contributed by atoms with van der Waals surface area (Å²) in [5.41, 5.74) is 7.28. The van der Waals surface area contributed by atoms with E-state index in [1.54, 1.807) is 10.7 Å². The van der Waals surface area contributed by atoms with Crippen LogP contribution in [0.25, 0.3) is 5.52 Å². The SMILES string of the molecule is NC(=S)c1cccc2ccnn12. The quantitative estimate of drug-likeness (QED) is 0.660. The maximum absolute atomic E-state index is 5.51. The summed E-state index contributed by atoms with van der Waals surface area (Å²) in [4.78, 5) is 0.365. The molecule has 4 heteroatoms. The number of nitrogens with zero attached hydrogens (tertiary/aromatic N) is 2. The van der Waals surface area contributed by atoms with Gasteiger partial charge in [-0.25, -0.2) is 4.52 Å². The van der Waals surface area contributed by atoms with E-state index >= 15 is 0 Å². The molecule has 0 radical (unpaired) electrons. The number of aromatic nitrogens is 2. The number of thiocarbonyl (C=S) groups is 1. The fraction of sp³-hybridized carbons (Fsp3) is 0. The van der Waals surface area contributed by atoms with Crippen LogP contribution >= 0.6 is 12.2 Å². The average Bonchev–Trinajstić information content (AvgIpc) is 2.49. The number of fused-ring (bicyclic) bond motifs is 1. The Kier molecular flexibility index (Phi) is 1.55. The molecule has 2 rings (SSSR count). The second-order valence-corrected chi connectivity index (χ2v) is 2.88. The zero-order chi connectivity index (χ0) is 8.55. The predicted octanol–water partition coefficient (Wildman–Crippen LogP) is 0.969. The third-order valence-corrected chi connectivity index (χ3v) is 1.88. The van der Waals surface area contributed by atoms with Crippen LogP contribution in [0, 0.1) is 0 Å². The molecule has 0 unspecified atom stereocenters. The molecule has 2 aromatic heterocycles. The van der Waals surface area contributed by atoms with E-state index in [1.807, 2.05) is 24.3 Å². The average molecular weight is 177 g/mol. The lowest BCUT2D eigenvalue weighted by Crippen LogP contribution is -2.14. The Morgan fingerprint density at radius 1 is 1.42 bits per heavy atom. The largest absolute Gasteiger partial charge is 0.388 e. The molecule has 0 amide bonds. The first-order chi connectivity index (χ1) is 5.79. The summed E-state index contributed by atoms with van der Waals surface area (Å²) in [5, 5.41) is 4.09. The third kappa shape index (κ3) is 0.967. The summed E-state index contributed by atoms with van der Waals surface area (Å²) in [6.45, 7) is 0. The molecule has 0 aliphatic heterocycles. The molecule has 0 atom stereocenters. The molecule has 0 saturated heterocycles. The van der Waals surface area contributed by atoms with Crippen molar-refractivity contribution in [2.75, 3.05) is 0 Å². The van der Waals surface area contributed by atoms with Crippen molar-refractivity contribution in [3.8, 4) is 0 Å². The van der Waals surface area contributed by atoms with Crippen molar-refractivity contribution in [2.24, 2.45) is 5.73 Å². The summed E-state index contributed by atoms with van der Waals surface area (Å²) < 4.78 is 1.72. The van der Waals surface area contributed by atoms with E-state index in [0.29, 0.717) is 4.99 Å². The summed E-state index contributed by atoms with van der Waals surface area (Å²) in [6.07, 6.45) is 1.72. The van der Waals surface area contributed by atoms with Crippen molar-refractivity contribution in [1.82, 2.24) is 9.61 Å². The second kappa shape index (κ2) is 2.57. The topological polar surface area (TPSA) is 43.3 Å². The van der Waals surface area contributed by atoms with Gasteiger partial charge < -0.3 is 5.73 Å². The van der Waals surface area contributed by atoms with Crippen LogP contribution in [-0.2, 0) is 0 Å². The van der Waals surface area contributed by atoms with Gasteiger partial charge in [0, 0.05) is 0 Å². The Morgan fingerprint density at radius 3 is 3.00 bits per heavy atom. The van der Waals surface area contributed by atoms with Crippen molar-refractivity contribution < 1.29 is 0 Å². The minimum absolute atomic E-state index is 0.365. The van der Waals surface area contributed by atoms with E-state index in [4.69, 9.17) is 18.0 Å². The lowest BCUT2D eigenvalue weighted by Gasteiger charge is -2.00. The molecule has 0 fully saturated rings. The maximum Gasteiger partial charge on any atom is 0.122 e. The van der Waals surface area contributed by atoms with E-state index in [0.717, 1.165) is 11.2 Å². The minimum atomic E-state index is 0.365. The number of hydrogen-bond acceptors (Lipinski definition) is 2. The maximum atomic E-state index is 5.51. The Balaban J connectivity index is 2.82. The Morgan fingerprint density at radius 2 is 2.25 bits per heavy atom. The molecule has 2 N–H and O–H groups in total. The molecule has 0 bridgehead atoms. The molecular weight excluding hydrogens is 170 g/mol. The van der Waals surface area contributed by atoms with Crippen molar-refractivity contribution in [1.29, 1.82) is 0 Å². The van der Waals surface area contributed by atoms with Crippen LogP contribution in [0.3, 0.4) is 0 Å². The van der Waals surface area contributed by atoms with Crippen LogP contribution in [0.4, 0.5) is 0 Å². The zero-order valence-corrected chi connectivity index (χ0v) is 7.08.